The molecule has 0 radical (unpaired) electrons. The predicted molar refractivity (Wildman–Crippen MR) is 101 cm³/mol. The summed E-state index contributed by atoms with van der Waals surface area (Å²) in [6.45, 7) is 3.00. The summed E-state index contributed by atoms with van der Waals surface area (Å²) < 4.78 is 6.20. The number of rotatable bonds is 7. The van der Waals surface area contributed by atoms with Gasteiger partial charge in [0.1, 0.15) is 0 Å². The van der Waals surface area contributed by atoms with Gasteiger partial charge in [-0.25, -0.2) is 0 Å². The normalized spacial score (nSPS) is 19.8. The van der Waals surface area contributed by atoms with Crippen molar-refractivity contribution >= 4 is 0 Å². The second kappa shape index (κ2) is 8.30. The molecule has 0 aromatic heterocycles. The molecule has 1 heteroatoms. The molecule has 0 amide bonds. The fourth-order valence-electron chi connectivity index (χ4n) is 3.68. The van der Waals surface area contributed by atoms with Gasteiger partial charge in [0.05, 0.1) is 12.7 Å². The zero-order valence-corrected chi connectivity index (χ0v) is 14.7. The topological polar surface area (TPSA) is 9.23 Å². The molecule has 3 rings (SSSR count). The summed E-state index contributed by atoms with van der Waals surface area (Å²) in [6.07, 6.45) is 10.9. The van der Waals surface area contributed by atoms with E-state index in [-0.39, 0.29) is 11.5 Å². The molecule has 1 atom stereocenters. The summed E-state index contributed by atoms with van der Waals surface area (Å²) in [5.41, 5.74) is 2.69. The first-order chi connectivity index (χ1) is 11.8. The van der Waals surface area contributed by atoms with Gasteiger partial charge in [-0.2, -0.15) is 0 Å². The van der Waals surface area contributed by atoms with Crippen molar-refractivity contribution < 1.29 is 4.74 Å². The van der Waals surface area contributed by atoms with E-state index in [0.29, 0.717) is 0 Å². The SMILES string of the molecule is CCCCC/C=C\C1CC(c2ccccc2)(c2ccccc2)CO1. The van der Waals surface area contributed by atoms with Crippen LogP contribution >= 0.6 is 0 Å². The van der Waals surface area contributed by atoms with Crippen LogP contribution in [0, 0.1) is 0 Å². The number of hydrogen-bond donors (Lipinski definition) is 0. The van der Waals surface area contributed by atoms with Crippen molar-refractivity contribution in [2.24, 2.45) is 0 Å². The number of benzene rings is 2. The molecule has 0 saturated carbocycles. The van der Waals surface area contributed by atoms with Crippen LogP contribution in [0.1, 0.15) is 50.2 Å². The quantitative estimate of drug-likeness (QED) is 0.456. The first kappa shape index (κ1) is 17.0. The number of allylic oxidation sites excluding steroid dienone is 1. The minimum Gasteiger partial charge on any atom is -0.373 e. The Morgan fingerprint density at radius 2 is 1.58 bits per heavy atom. The van der Waals surface area contributed by atoms with E-state index in [1.165, 1.54) is 30.4 Å². The van der Waals surface area contributed by atoms with Crippen LogP contribution in [0.15, 0.2) is 72.8 Å². The van der Waals surface area contributed by atoms with Gasteiger partial charge in [-0.3, -0.25) is 0 Å². The maximum absolute atomic E-state index is 6.20. The number of unbranched alkanes of at least 4 members (excludes halogenated alkanes) is 3. The molecule has 2 aromatic rings. The third kappa shape index (κ3) is 3.79. The molecule has 1 aliphatic rings. The standard InChI is InChI=1S/C23H28O/c1-2-3-4-5-12-17-22-18-23(19-24-22,20-13-8-6-9-14-20)21-15-10-7-11-16-21/h6-17,22H,2-5,18-19H2,1H3/b17-12-. The highest BCUT2D eigenvalue weighted by Gasteiger charge is 2.42. The molecular formula is C23H28O. The summed E-state index contributed by atoms with van der Waals surface area (Å²) in [5.74, 6) is 0. The van der Waals surface area contributed by atoms with Crippen LogP contribution in [0.25, 0.3) is 0 Å². The molecule has 2 aromatic carbocycles. The Balaban J connectivity index is 1.79. The highest BCUT2D eigenvalue weighted by molar-refractivity contribution is 5.41. The molecule has 1 saturated heterocycles. The van der Waals surface area contributed by atoms with Crippen molar-refractivity contribution in [3.05, 3.63) is 83.9 Å². The highest BCUT2D eigenvalue weighted by atomic mass is 16.5. The molecule has 0 bridgehead atoms. The Bertz CT molecular complexity index is 590. The summed E-state index contributed by atoms with van der Waals surface area (Å²) >= 11 is 0. The predicted octanol–water partition coefficient (Wildman–Crippen LogP) is 5.90. The lowest BCUT2D eigenvalue weighted by Crippen LogP contribution is -2.28. The molecular weight excluding hydrogens is 292 g/mol. The molecule has 1 heterocycles. The molecule has 126 valence electrons. The second-order valence-corrected chi connectivity index (χ2v) is 6.79. The summed E-state index contributed by atoms with van der Waals surface area (Å²) in [5, 5.41) is 0. The second-order valence-electron chi connectivity index (χ2n) is 6.79. The van der Waals surface area contributed by atoms with Gasteiger partial charge in [-0.15, -0.1) is 0 Å². The molecule has 0 N–H and O–H groups in total. The lowest BCUT2D eigenvalue weighted by Gasteiger charge is -2.29. The van der Waals surface area contributed by atoms with E-state index in [4.69, 9.17) is 4.74 Å². The van der Waals surface area contributed by atoms with Gasteiger partial charge in [0.2, 0.25) is 0 Å². The third-order valence-electron chi connectivity index (χ3n) is 5.07. The van der Waals surface area contributed by atoms with Crippen LogP contribution in [0.5, 0.6) is 0 Å². The fourth-order valence-corrected chi connectivity index (χ4v) is 3.68. The van der Waals surface area contributed by atoms with Crippen molar-refractivity contribution in [3.8, 4) is 0 Å². The first-order valence-corrected chi connectivity index (χ1v) is 9.24. The van der Waals surface area contributed by atoms with Crippen molar-refractivity contribution in [1.82, 2.24) is 0 Å². The van der Waals surface area contributed by atoms with E-state index in [2.05, 4.69) is 79.7 Å². The zero-order valence-electron chi connectivity index (χ0n) is 14.7. The molecule has 0 spiro atoms. The third-order valence-corrected chi connectivity index (χ3v) is 5.07. The van der Waals surface area contributed by atoms with E-state index in [1.54, 1.807) is 0 Å². The van der Waals surface area contributed by atoms with Crippen LogP contribution in [0.3, 0.4) is 0 Å². The van der Waals surface area contributed by atoms with Gasteiger partial charge in [0.25, 0.3) is 0 Å². The van der Waals surface area contributed by atoms with Gasteiger partial charge < -0.3 is 4.74 Å². The summed E-state index contributed by atoms with van der Waals surface area (Å²) in [6, 6.07) is 21.7. The van der Waals surface area contributed by atoms with E-state index < -0.39 is 0 Å². The minimum atomic E-state index is -0.0268. The highest BCUT2D eigenvalue weighted by Crippen LogP contribution is 2.42. The van der Waals surface area contributed by atoms with Gasteiger partial charge in [-0.1, -0.05) is 92.6 Å². The van der Waals surface area contributed by atoms with Crippen LogP contribution in [0.2, 0.25) is 0 Å². The van der Waals surface area contributed by atoms with Gasteiger partial charge >= 0.3 is 0 Å². The molecule has 24 heavy (non-hydrogen) atoms. The van der Waals surface area contributed by atoms with Crippen molar-refractivity contribution in [2.75, 3.05) is 6.61 Å². The van der Waals surface area contributed by atoms with Crippen LogP contribution in [-0.2, 0) is 10.2 Å². The average Bonchev–Trinajstić information content (AvgIpc) is 3.09. The molecule has 1 aliphatic heterocycles. The van der Waals surface area contributed by atoms with Crippen LogP contribution < -0.4 is 0 Å². The fraction of sp³-hybridized carbons (Fsp3) is 0.391. The Labute approximate surface area is 146 Å². The Morgan fingerprint density at radius 3 is 2.17 bits per heavy atom. The molecule has 1 unspecified atom stereocenters. The number of ether oxygens (including phenoxy) is 1. The van der Waals surface area contributed by atoms with Gasteiger partial charge in [0, 0.05) is 5.41 Å². The first-order valence-electron chi connectivity index (χ1n) is 9.24. The Morgan fingerprint density at radius 1 is 0.958 bits per heavy atom. The lowest BCUT2D eigenvalue weighted by atomic mass is 9.73. The monoisotopic (exact) mass is 320 g/mol. The van der Waals surface area contributed by atoms with Crippen molar-refractivity contribution in [3.63, 3.8) is 0 Å². The molecule has 1 fully saturated rings. The Kier molecular flexibility index (Phi) is 5.87. The Hall–Kier alpha value is -1.86. The van der Waals surface area contributed by atoms with Gasteiger partial charge in [-0.05, 0) is 30.4 Å². The average molecular weight is 320 g/mol. The maximum Gasteiger partial charge on any atom is 0.0769 e. The summed E-state index contributed by atoms with van der Waals surface area (Å²) in [4.78, 5) is 0. The van der Waals surface area contributed by atoms with Crippen LogP contribution in [0.4, 0.5) is 0 Å². The maximum atomic E-state index is 6.20. The van der Waals surface area contributed by atoms with E-state index in [0.717, 1.165) is 19.4 Å². The van der Waals surface area contributed by atoms with E-state index in [1.807, 2.05) is 0 Å². The van der Waals surface area contributed by atoms with Crippen molar-refractivity contribution in [1.29, 1.82) is 0 Å². The number of hydrogen-bond acceptors (Lipinski definition) is 1. The lowest BCUT2D eigenvalue weighted by molar-refractivity contribution is 0.137. The molecule has 0 aliphatic carbocycles. The zero-order chi connectivity index (χ0) is 16.7. The van der Waals surface area contributed by atoms with Crippen LogP contribution in [-0.4, -0.2) is 12.7 Å². The van der Waals surface area contributed by atoms with Crippen molar-refractivity contribution in [2.45, 2.75) is 50.5 Å². The van der Waals surface area contributed by atoms with E-state index >= 15 is 0 Å². The largest absolute Gasteiger partial charge is 0.373 e. The van der Waals surface area contributed by atoms with E-state index in [9.17, 15) is 0 Å². The van der Waals surface area contributed by atoms with Gasteiger partial charge in [0.15, 0.2) is 0 Å². The molecule has 1 nitrogen and oxygen atoms in total. The summed E-state index contributed by atoms with van der Waals surface area (Å²) in [7, 11) is 0. The minimum absolute atomic E-state index is 0.0268. The smallest absolute Gasteiger partial charge is 0.0769 e.